The van der Waals surface area contributed by atoms with E-state index < -0.39 is 5.82 Å². The van der Waals surface area contributed by atoms with E-state index in [1.54, 1.807) is 35.4 Å². The minimum Gasteiger partial charge on any atom is -0.351 e. The van der Waals surface area contributed by atoms with Crippen LogP contribution in [-0.2, 0) is 6.42 Å². The molecular weight excluding hydrogens is 473 g/mol. The van der Waals surface area contributed by atoms with Crippen LogP contribution in [0.1, 0.15) is 27.4 Å². The highest BCUT2D eigenvalue weighted by atomic mass is 19.1. The number of piperazine rings is 1. The summed E-state index contributed by atoms with van der Waals surface area (Å²) in [5, 5.41) is 8.00. The van der Waals surface area contributed by atoms with E-state index in [1.165, 1.54) is 6.07 Å². The van der Waals surface area contributed by atoms with Gasteiger partial charge in [0.2, 0.25) is 0 Å². The van der Waals surface area contributed by atoms with Crippen LogP contribution in [0.2, 0.25) is 0 Å². The fraction of sp³-hybridized carbons (Fsp3) is 0.222. The molecule has 4 heterocycles. The van der Waals surface area contributed by atoms with Crippen molar-refractivity contribution >= 4 is 33.5 Å². The van der Waals surface area contributed by atoms with Crippen molar-refractivity contribution in [1.29, 1.82) is 0 Å². The van der Waals surface area contributed by atoms with E-state index in [0.29, 0.717) is 43.7 Å². The van der Waals surface area contributed by atoms with Gasteiger partial charge in [-0.05, 0) is 36.8 Å². The number of rotatable bonds is 4. The van der Waals surface area contributed by atoms with Crippen LogP contribution < -0.4 is 10.5 Å². The molecule has 1 saturated heterocycles. The lowest BCUT2D eigenvalue weighted by Gasteiger charge is -2.35. The van der Waals surface area contributed by atoms with Crippen LogP contribution in [0.4, 0.5) is 10.2 Å². The number of aryl methyl sites for hydroxylation is 1. The summed E-state index contributed by atoms with van der Waals surface area (Å²) in [6, 6.07) is 13.6. The molecule has 37 heavy (non-hydrogen) atoms. The number of anilines is 1. The number of aromatic amines is 2. The normalized spacial score (nSPS) is 14.0. The first-order valence-corrected chi connectivity index (χ1v) is 12.1. The molecule has 2 aromatic carbocycles. The SMILES string of the molecule is Cc1nc2c(N3CCN(C(=O)c4cc(Cc5n[nH]c(=O)c6ccccc56)ccc4F)CC3)nccc2[nH]1. The molecule has 10 heteroatoms. The van der Waals surface area contributed by atoms with Crippen molar-refractivity contribution < 1.29 is 9.18 Å². The quantitative estimate of drug-likeness (QED) is 0.395. The average molecular weight is 498 g/mol. The van der Waals surface area contributed by atoms with Gasteiger partial charge in [0.25, 0.3) is 11.5 Å². The molecule has 0 aliphatic carbocycles. The van der Waals surface area contributed by atoms with Crippen LogP contribution in [0, 0.1) is 12.7 Å². The molecule has 1 fully saturated rings. The summed E-state index contributed by atoms with van der Waals surface area (Å²) in [5.41, 5.74) is 2.89. The maximum Gasteiger partial charge on any atom is 0.272 e. The van der Waals surface area contributed by atoms with Crippen molar-refractivity contribution in [2.24, 2.45) is 0 Å². The summed E-state index contributed by atoms with van der Waals surface area (Å²) < 4.78 is 14.8. The monoisotopic (exact) mass is 497 g/mol. The first-order chi connectivity index (χ1) is 18.0. The summed E-state index contributed by atoms with van der Waals surface area (Å²) in [4.78, 5) is 41.5. The Balaban J connectivity index is 1.21. The highest BCUT2D eigenvalue weighted by molar-refractivity contribution is 5.95. The van der Waals surface area contributed by atoms with Crippen molar-refractivity contribution in [3.05, 3.63) is 93.5 Å². The predicted octanol–water partition coefficient (Wildman–Crippen LogP) is 3.20. The third-order valence-electron chi connectivity index (χ3n) is 6.77. The van der Waals surface area contributed by atoms with Crippen LogP contribution in [0.5, 0.6) is 0 Å². The van der Waals surface area contributed by atoms with Crippen molar-refractivity contribution in [1.82, 2.24) is 30.0 Å². The van der Waals surface area contributed by atoms with Crippen molar-refractivity contribution in [3.8, 4) is 0 Å². The Hall–Kier alpha value is -4.60. The van der Waals surface area contributed by atoms with Crippen LogP contribution in [-0.4, -0.2) is 62.1 Å². The maximum atomic E-state index is 14.8. The molecule has 0 unspecified atom stereocenters. The summed E-state index contributed by atoms with van der Waals surface area (Å²) in [6.07, 6.45) is 2.10. The van der Waals surface area contributed by atoms with Gasteiger partial charge in [-0.2, -0.15) is 5.10 Å². The zero-order valence-electron chi connectivity index (χ0n) is 20.2. The van der Waals surface area contributed by atoms with Gasteiger partial charge in [0.1, 0.15) is 17.2 Å². The highest BCUT2D eigenvalue weighted by Gasteiger charge is 2.26. The largest absolute Gasteiger partial charge is 0.351 e. The van der Waals surface area contributed by atoms with Crippen LogP contribution >= 0.6 is 0 Å². The number of carbonyl (C=O) groups is 1. The van der Waals surface area contributed by atoms with Gasteiger partial charge in [0, 0.05) is 44.2 Å². The summed E-state index contributed by atoms with van der Waals surface area (Å²) in [7, 11) is 0. The Morgan fingerprint density at radius 3 is 2.65 bits per heavy atom. The molecule has 0 spiro atoms. The van der Waals surface area contributed by atoms with Crippen molar-refractivity contribution in [2.45, 2.75) is 13.3 Å². The minimum absolute atomic E-state index is 0.0304. The van der Waals surface area contributed by atoms with Gasteiger partial charge >= 0.3 is 0 Å². The predicted molar refractivity (Wildman–Crippen MR) is 138 cm³/mol. The number of imidazole rings is 1. The molecule has 2 N–H and O–H groups in total. The van der Waals surface area contributed by atoms with E-state index in [2.05, 4.69) is 30.0 Å². The zero-order valence-corrected chi connectivity index (χ0v) is 20.2. The van der Waals surface area contributed by atoms with Gasteiger partial charge in [-0.1, -0.05) is 24.3 Å². The Bertz CT molecular complexity index is 1700. The van der Waals surface area contributed by atoms with Gasteiger partial charge in [0.15, 0.2) is 5.82 Å². The molecule has 5 aromatic rings. The van der Waals surface area contributed by atoms with Crippen LogP contribution in [0.3, 0.4) is 0 Å². The van der Waals surface area contributed by atoms with E-state index in [-0.39, 0.29) is 17.0 Å². The number of hydrogen-bond donors (Lipinski definition) is 2. The summed E-state index contributed by atoms with van der Waals surface area (Å²) in [6.45, 7) is 3.92. The number of halogens is 1. The third kappa shape index (κ3) is 4.20. The van der Waals surface area contributed by atoms with Gasteiger partial charge in [-0.15, -0.1) is 0 Å². The fourth-order valence-corrected chi connectivity index (χ4v) is 4.91. The van der Waals surface area contributed by atoms with E-state index in [0.717, 1.165) is 33.6 Å². The van der Waals surface area contributed by atoms with Crippen molar-refractivity contribution in [3.63, 3.8) is 0 Å². The Morgan fingerprint density at radius 2 is 1.84 bits per heavy atom. The fourth-order valence-electron chi connectivity index (χ4n) is 4.91. The van der Waals surface area contributed by atoms with Gasteiger partial charge < -0.3 is 14.8 Å². The molecule has 9 nitrogen and oxygen atoms in total. The number of benzene rings is 2. The standard InChI is InChI=1S/C27H24FN7O2/c1-16-30-22-8-9-29-25(24(22)31-16)34-10-12-35(13-11-34)27(37)20-14-17(6-7-21(20)28)15-23-18-4-2-3-5-19(18)26(36)33-32-23/h2-9,14H,10-13,15H2,1H3,(H,30,31)(H,33,36). The number of pyridine rings is 1. The van der Waals surface area contributed by atoms with Gasteiger partial charge in [-0.25, -0.2) is 19.5 Å². The highest BCUT2D eigenvalue weighted by Crippen LogP contribution is 2.25. The Morgan fingerprint density at radius 1 is 1.05 bits per heavy atom. The van der Waals surface area contributed by atoms with Gasteiger partial charge in [0.05, 0.1) is 22.2 Å². The molecule has 1 aliphatic rings. The second kappa shape index (κ2) is 9.12. The number of fused-ring (bicyclic) bond motifs is 2. The molecule has 1 amide bonds. The van der Waals surface area contributed by atoms with Crippen molar-refractivity contribution in [2.75, 3.05) is 31.1 Å². The molecule has 186 valence electrons. The first kappa shape index (κ1) is 22.8. The van der Waals surface area contributed by atoms with E-state index in [1.807, 2.05) is 25.1 Å². The first-order valence-electron chi connectivity index (χ1n) is 12.1. The van der Waals surface area contributed by atoms with E-state index in [4.69, 9.17) is 0 Å². The van der Waals surface area contributed by atoms with E-state index >= 15 is 0 Å². The Kier molecular flexibility index (Phi) is 5.63. The Labute approximate surface area is 211 Å². The number of nitrogens with zero attached hydrogens (tertiary/aromatic N) is 5. The lowest BCUT2D eigenvalue weighted by molar-refractivity contribution is 0.0741. The minimum atomic E-state index is -0.561. The molecule has 3 aromatic heterocycles. The number of amides is 1. The second-order valence-electron chi connectivity index (χ2n) is 9.17. The summed E-state index contributed by atoms with van der Waals surface area (Å²) in [5.74, 6) is 0.690. The third-order valence-corrected chi connectivity index (χ3v) is 6.77. The molecule has 1 aliphatic heterocycles. The lowest BCUT2D eigenvalue weighted by atomic mass is 10.0. The second-order valence-corrected chi connectivity index (χ2v) is 9.17. The van der Waals surface area contributed by atoms with Crippen LogP contribution in [0.25, 0.3) is 21.8 Å². The molecule has 0 atom stereocenters. The zero-order chi connectivity index (χ0) is 25.5. The summed E-state index contributed by atoms with van der Waals surface area (Å²) >= 11 is 0. The molecule has 0 radical (unpaired) electrons. The number of H-pyrrole nitrogens is 2. The van der Waals surface area contributed by atoms with Crippen LogP contribution in [0.15, 0.2) is 59.5 Å². The lowest BCUT2D eigenvalue weighted by Crippen LogP contribution is -2.49. The molecule has 0 bridgehead atoms. The van der Waals surface area contributed by atoms with Gasteiger partial charge in [-0.3, -0.25) is 9.59 Å². The topological polar surface area (TPSA) is 111 Å². The number of aromatic nitrogens is 5. The molecule has 6 rings (SSSR count). The number of nitrogens with one attached hydrogen (secondary N) is 2. The maximum absolute atomic E-state index is 14.8. The smallest absolute Gasteiger partial charge is 0.272 e. The molecule has 0 saturated carbocycles. The average Bonchev–Trinajstić information content (AvgIpc) is 3.31. The van der Waals surface area contributed by atoms with E-state index in [9.17, 15) is 14.0 Å². The number of hydrogen-bond acceptors (Lipinski definition) is 6. The molecular formula is C27H24FN7O2. The number of carbonyl (C=O) groups excluding carboxylic acids is 1.